The number of aldehydes is 1. The highest BCUT2D eigenvalue weighted by molar-refractivity contribution is 5.91. The van der Waals surface area contributed by atoms with Crippen molar-refractivity contribution in [3.8, 4) is 16.9 Å². The minimum absolute atomic E-state index is 0.231. The molecule has 0 N–H and O–H groups in total. The first kappa shape index (κ1) is 14.1. The molecule has 0 aliphatic heterocycles. The number of carbonyl (C=O) groups is 1. The lowest BCUT2D eigenvalue weighted by molar-refractivity contribution is -0.137. The summed E-state index contributed by atoms with van der Waals surface area (Å²) in [7, 11) is 1.40. The normalized spacial score (nSPS) is 11.2. The van der Waals surface area contributed by atoms with Gasteiger partial charge in [0.2, 0.25) is 0 Å². The Balaban J connectivity index is 2.60. The van der Waals surface area contributed by atoms with Crippen molar-refractivity contribution in [1.82, 2.24) is 0 Å². The number of benzene rings is 2. The summed E-state index contributed by atoms with van der Waals surface area (Å²) >= 11 is 0. The summed E-state index contributed by atoms with van der Waals surface area (Å²) in [5.74, 6) is 0.329. The Labute approximate surface area is 113 Å². The van der Waals surface area contributed by atoms with E-state index in [4.69, 9.17) is 4.74 Å². The van der Waals surface area contributed by atoms with Gasteiger partial charge in [-0.15, -0.1) is 0 Å². The molecule has 0 amide bonds. The molecular formula is C15H11F3O2. The Morgan fingerprint density at radius 3 is 2.40 bits per heavy atom. The molecular weight excluding hydrogens is 269 g/mol. The Kier molecular flexibility index (Phi) is 3.79. The molecule has 0 saturated heterocycles. The van der Waals surface area contributed by atoms with Gasteiger partial charge in [-0.1, -0.05) is 24.3 Å². The molecule has 0 aliphatic carbocycles. The van der Waals surface area contributed by atoms with E-state index in [1.165, 1.54) is 19.2 Å². The second-order valence-corrected chi connectivity index (χ2v) is 4.12. The fourth-order valence-electron chi connectivity index (χ4n) is 1.96. The van der Waals surface area contributed by atoms with E-state index in [2.05, 4.69) is 0 Å². The van der Waals surface area contributed by atoms with Crippen molar-refractivity contribution >= 4 is 6.29 Å². The Bertz CT molecular complexity index is 633. The van der Waals surface area contributed by atoms with Crippen LogP contribution < -0.4 is 4.74 Å². The molecule has 0 fully saturated rings. The summed E-state index contributed by atoms with van der Waals surface area (Å²) in [4.78, 5) is 11.2. The highest BCUT2D eigenvalue weighted by atomic mass is 19.4. The predicted molar refractivity (Wildman–Crippen MR) is 68.8 cm³/mol. The summed E-state index contributed by atoms with van der Waals surface area (Å²) < 4.78 is 43.2. The van der Waals surface area contributed by atoms with E-state index in [-0.39, 0.29) is 5.56 Å². The van der Waals surface area contributed by atoms with Gasteiger partial charge in [0.25, 0.3) is 0 Å². The van der Waals surface area contributed by atoms with Crippen molar-refractivity contribution in [2.75, 3.05) is 7.11 Å². The Morgan fingerprint density at radius 1 is 1.10 bits per heavy atom. The lowest BCUT2D eigenvalue weighted by Crippen LogP contribution is -2.04. The summed E-state index contributed by atoms with van der Waals surface area (Å²) in [6, 6.07) is 9.64. The molecule has 2 aromatic rings. The lowest BCUT2D eigenvalue weighted by atomic mass is 9.98. The number of ether oxygens (including phenoxy) is 1. The van der Waals surface area contributed by atoms with Gasteiger partial charge < -0.3 is 4.74 Å². The molecule has 0 heterocycles. The van der Waals surface area contributed by atoms with Gasteiger partial charge in [-0.2, -0.15) is 13.2 Å². The van der Waals surface area contributed by atoms with Gasteiger partial charge in [-0.25, -0.2) is 0 Å². The topological polar surface area (TPSA) is 26.3 Å². The maximum atomic E-state index is 12.7. The molecule has 20 heavy (non-hydrogen) atoms. The summed E-state index contributed by atoms with van der Waals surface area (Å²) in [6.45, 7) is 0. The first-order valence-electron chi connectivity index (χ1n) is 5.77. The standard InChI is InChI=1S/C15H11F3O2/c1-20-14-7-3-6-12(13(14)9-19)10-4-2-5-11(8-10)15(16,17)18/h2-9H,1H3. The van der Waals surface area contributed by atoms with Crippen LogP contribution in [0.2, 0.25) is 0 Å². The maximum Gasteiger partial charge on any atom is 0.416 e. The minimum Gasteiger partial charge on any atom is -0.496 e. The zero-order valence-corrected chi connectivity index (χ0v) is 10.6. The van der Waals surface area contributed by atoms with E-state index < -0.39 is 11.7 Å². The molecule has 5 heteroatoms. The molecule has 0 atom stereocenters. The van der Waals surface area contributed by atoms with Crippen LogP contribution in [-0.4, -0.2) is 13.4 Å². The van der Waals surface area contributed by atoms with E-state index in [0.717, 1.165) is 12.1 Å². The van der Waals surface area contributed by atoms with Gasteiger partial charge in [0, 0.05) is 0 Å². The number of methoxy groups -OCH3 is 1. The smallest absolute Gasteiger partial charge is 0.416 e. The number of alkyl halides is 3. The zero-order valence-electron chi connectivity index (χ0n) is 10.6. The molecule has 0 spiro atoms. The van der Waals surface area contributed by atoms with Gasteiger partial charge in [-0.3, -0.25) is 4.79 Å². The van der Waals surface area contributed by atoms with Crippen molar-refractivity contribution in [2.24, 2.45) is 0 Å². The fraction of sp³-hybridized carbons (Fsp3) is 0.133. The van der Waals surface area contributed by atoms with Crippen LogP contribution in [-0.2, 0) is 6.18 Å². The maximum absolute atomic E-state index is 12.7. The third-order valence-electron chi connectivity index (χ3n) is 2.90. The van der Waals surface area contributed by atoms with E-state index in [9.17, 15) is 18.0 Å². The molecule has 2 rings (SSSR count). The van der Waals surface area contributed by atoms with Gasteiger partial charge >= 0.3 is 6.18 Å². The predicted octanol–water partition coefficient (Wildman–Crippen LogP) is 4.19. The summed E-state index contributed by atoms with van der Waals surface area (Å²) in [5.41, 5.74) is 0.204. The first-order valence-corrected chi connectivity index (χ1v) is 5.77. The van der Waals surface area contributed by atoms with E-state index in [0.29, 0.717) is 23.2 Å². The molecule has 0 aromatic heterocycles. The SMILES string of the molecule is COc1cccc(-c2cccc(C(F)(F)F)c2)c1C=O. The second kappa shape index (κ2) is 5.36. The number of halogens is 3. The van der Waals surface area contributed by atoms with Gasteiger partial charge in [0.1, 0.15) is 5.75 Å². The van der Waals surface area contributed by atoms with Crippen LogP contribution >= 0.6 is 0 Å². The van der Waals surface area contributed by atoms with E-state index in [1.807, 2.05) is 0 Å². The monoisotopic (exact) mass is 280 g/mol. The molecule has 2 aromatic carbocycles. The fourth-order valence-corrected chi connectivity index (χ4v) is 1.96. The molecule has 0 unspecified atom stereocenters. The third-order valence-corrected chi connectivity index (χ3v) is 2.90. The molecule has 104 valence electrons. The van der Waals surface area contributed by atoms with Gasteiger partial charge in [0.05, 0.1) is 18.2 Å². The van der Waals surface area contributed by atoms with Gasteiger partial charge in [-0.05, 0) is 29.3 Å². The van der Waals surface area contributed by atoms with E-state index in [1.54, 1.807) is 18.2 Å². The van der Waals surface area contributed by atoms with Gasteiger partial charge in [0.15, 0.2) is 6.29 Å². The van der Waals surface area contributed by atoms with Crippen LogP contribution in [0.4, 0.5) is 13.2 Å². The average molecular weight is 280 g/mol. The van der Waals surface area contributed by atoms with Crippen LogP contribution in [0.3, 0.4) is 0 Å². The summed E-state index contributed by atoms with van der Waals surface area (Å²) in [5, 5.41) is 0. The largest absolute Gasteiger partial charge is 0.496 e. The average Bonchev–Trinajstić information content (AvgIpc) is 2.45. The number of carbonyl (C=O) groups excluding carboxylic acids is 1. The zero-order chi connectivity index (χ0) is 14.8. The lowest BCUT2D eigenvalue weighted by Gasteiger charge is -2.12. The Morgan fingerprint density at radius 2 is 1.80 bits per heavy atom. The number of hydrogen-bond acceptors (Lipinski definition) is 2. The number of hydrogen-bond donors (Lipinski definition) is 0. The minimum atomic E-state index is -4.42. The van der Waals surface area contributed by atoms with E-state index >= 15 is 0 Å². The number of rotatable bonds is 3. The van der Waals surface area contributed by atoms with Crippen LogP contribution in [0.1, 0.15) is 15.9 Å². The highest BCUT2D eigenvalue weighted by Gasteiger charge is 2.30. The van der Waals surface area contributed by atoms with Crippen LogP contribution in [0.25, 0.3) is 11.1 Å². The molecule has 0 aliphatic rings. The molecule has 2 nitrogen and oxygen atoms in total. The van der Waals surface area contributed by atoms with Crippen molar-refractivity contribution in [3.05, 3.63) is 53.6 Å². The van der Waals surface area contributed by atoms with Crippen molar-refractivity contribution < 1.29 is 22.7 Å². The third kappa shape index (κ3) is 2.66. The van der Waals surface area contributed by atoms with Crippen LogP contribution in [0.15, 0.2) is 42.5 Å². The van der Waals surface area contributed by atoms with Crippen LogP contribution in [0, 0.1) is 0 Å². The quantitative estimate of drug-likeness (QED) is 0.788. The summed E-state index contributed by atoms with van der Waals surface area (Å²) in [6.07, 6.45) is -3.84. The van der Waals surface area contributed by atoms with Crippen molar-refractivity contribution in [1.29, 1.82) is 0 Å². The molecule has 0 saturated carbocycles. The molecule has 0 bridgehead atoms. The van der Waals surface area contributed by atoms with Crippen molar-refractivity contribution in [2.45, 2.75) is 6.18 Å². The highest BCUT2D eigenvalue weighted by Crippen LogP contribution is 2.34. The molecule has 0 radical (unpaired) electrons. The van der Waals surface area contributed by atoms with Crippen LogP contribution in [0.5, 0.6) is 5.75 Å². The Hall–Kier alpha value is -2.30. The second-order valence-electron chi connectivity index (χ2n) is 4.12. The van der Waals surface area contributed by atoms with Crippen molar-refractivity contribution in [3.63, 3.8) is 0 Å². The first-order chi connectivity index (χ1) is 9.47.